The molecule has 1 aliphatic carbocycles. The van der Waals surface area contributed by atoms with Crippen molar-refractivity contribution in [3.05, 3.63) is 63.7 Å². The van der Waals surface area contributed by atoms with E-state index in [0.29, 0.717) is 17.2 Å². The van der Waals surface area contributed by atoms with E-state index >= 15 is 0 Å². The number of hydrogen-bond donors (Lipinski definition) is 2. The molecule has 1 amide bonds. The lowest BCUT2D eigenvalue weighted by Gasteiger charge is -2.24. The van der Waals surface area contributed by atoms with Gasteiger partial charge in [0.1, 0.15) is 6.07 Å². The van der Waals surface area contributed by atoms with E-state index in [2.05, 4.69) is 30.1 Å². The summed E-state index contributed by atoms with van der Waals surface area (Å²) in [5.74, 6) is 5.54. The van der Waals surface area contributed by atoms with E-state index < -0.39 is 12.0 Å². The fraction of sp³-hybridized carbons (Fsp3) is 0.333. The van der Waals surface area contributed by atoms with E-state index in [0.717, 1.165) is 18.4 Å². The number of aliphatic hydroxyl groups excluding tert-OH is 1. The predicted molar refractivity (Wildman–Crippen MR) is 115 cm³/mol. The molecule has 148 valence electrons. The van der Waals surface area contributed by atoms with Crippen LogP contribution in [0.3, 0.4) is 0 Å². The summed E-state index contributed by atoms with van der Waals surface area (Å²) in [5.41, 5.74) is 4.05. The Kier molecular flexibility index (Phi) is 6.94. The molecule has 0 heterocycles. The van der Waals surface area contributed by atoms with Crippen molar-refractivity contribution < 1.29 is 9.90 Å². The molecule has 29 heavy (non-hydrogen) atoms. The minimum atomic E-state index is -1.47. The highest BCUT2D eigenvalue weighted by Gasteiger charge is 2.20. The maximum absolute atomic E-state index is 12.3. The summed E-state index contributed by atoms with van der Waals surface area (Å²) in [4.78, 5) is 12.3. The monoisotopic (exact) mass is 406 g/mol. The molecule has 5 heteroatoms. The van der Waals surface area contributed by atoms with Crippen molar-refractivity contribution in [2.75, 3.05) is 5.32 Å². The highest BCUT2D eigenvalue weighted by atomic mass is 35.5. The van der Waals surface area contributed by atoms with Crippen LogP contribution in [0.1, 0.15) is 60.3 Å². The van der Waals surface area contributed by atoms with Gasteiger partial charge in [0.15, 0.2) is 6.10 Å². The number of aryl methyl sites for hydroxylation is 1. The second kappa shape index (κ2) is 9.61. The number of nitriles is 1. The minimum absolute atomic E-state index is 0.239. The van der Waals surface area contributed by atoms with Crippen LogP contribution in [0.4, 0.5) is 5.69 Å². The maximum atomic E-state index is 12.3. The van der Waals surface area contributed by atoms with Crippen molar-refractivity contribution in [2.45, 2.75) is 51.0 Å². The molecule has 1 atom stereocenters. The largest absolute Gasteiger partial charge is 0.372 e. The van der Waals surface area contributed by atoms with Gasteiger partial charge < -0.3 is 10.4 Å². The Bertz CT molecular complexity index is 1010. The van der Waals surface area contributed by atoms with Crippen LogP contribution >= 0.6 is 11.6 Å². The van der Waals surface area contributed by atoms with Gasteiger partial charge in [-0.1, -0.05) is 54.8 Å². The molecular formula is C24H23ClN2O2. The second-order valence-corrected chi connectivity index (χ2v) is 7.75. The number of aliphatic hydroxyl groups is 1. The number of anilines is 1. The molecule has 0 bridgehead atoms. The number of benzene rings is 2. The maximum Gasteiger partial charge on any atom is 0.265 e. The van der Waals surface area contributed by atoms with Gasteiger partial charge in [-0.15, -0.1) is 0 Å². The van der Waals surface area contributed by atoms with Gasteiger partial charge >= 0.3 is 0 Å². The molecule has 0 radical (unpaired) electrons. The SMILES string of the molecule is Cc1cccc(C#CC(O)C(=O)Nc2ccc(C#N)c(Cl)c2)c1C1CCCCC1. The van der Waals surface area contributed by atoms with Gasteiger partial charge in [0.05, 0.1) is 10.6 Å². The summed E-state index contributed by atoms with van der Waals surface area (Å²) in [6.45, 7) is 2.09. The fourth-order valence-electron chi connectivity index (χ4n) is 3.83. The van der Waals surface area contributed by atoms with Gasteiger partial charge in [-0.3, -0.25) is 4.79 Å². The molecular weight excluding hydrogens is 384 g/mol. The van der Waals surface area contributed by atoms with Gasteiger partial charge in [0.2, 0.25) is 0 Å². The summed E-state index contributed by atoms with van der Waals surface area (Å²) in [7, 11) is 0. The zero-order chi connectivity index (χ0) is 20.8. The molecule has 1 saturated carbocycles. The Hall–Kier alpha value is -2.79. The number of halogens is 1. The third-order valence-electron chi connectivity index (χ3n) is 5.29. The number of rotatable bonds is 3. The standard InChI is InChI=1S/C24H23ClN2O2/c1-16-6-5-9-18(23(16)17-7-3-2-4-8-17)11-13-22(28)24(29)27-20-12-10-19(15-26)21(25)14-20/h5-6,9-10,12,14,17,22,28H,2-4,7-8H2,1H3,(H,27,29). The van der Waals surface area contributed by atoms with Crippen LogP contribution < -0.4 is 5.32 Å². The smallest absolute Gasteiger partial charge is 0.265 e. The van der Waals surface area contributed by atoms with E-state index in [-0.39, 0.29) is 5.02 Å². The highest BCUT2D eigenvalue weighted by Crippen LogP contribution is 2.36. The molecule has 4 nitrogen and oxygen atoms in total. The average Bonchev–Trinajstić information content (AvgIpc) is 2.72. The molecule has 0 spiro atoms. The topological polar surface area (TPSA) is 73.1 Å². The van der Waals surface area contributed by atoms with Crippen molar-refractivity contribution in [3.8, 4) is 17.9 Å². The van der Waals surface area contributed by atoms with E-state index in [1.165, 1.54) is 42.5 Å². The van der Waals surface area contributed by atoms with E-state index in [4.69, 9.17) is 16.9 Å². The first kappa shape index (κ1) is 20.9. The Balaban J connectivity index is 1.75. The summed E-state index contributed by atoms with van der Waals surface area (Å²) >= 11 is 5.98. The number of carbonyl (C=O) groups excluding carboxylic acids is 1. The van der Waals surface area contributed by atoms with Gasteiger partial charge in [0, 0.05) is 11.3 Å². The first-order valence-corrected chi connectivity index (χ1v) is 10.2. The molecule has 0 aromatic heterocycles. The number of nitrogens with zero attached hydrogens (tertiary/aromatic N) is 1. The second-order valence-electron chi connectivity index (χ2n) is 7.34. The fourth-order valence-corrected chi connectivity index (χ4v) is 4.05. The Labute approximate surface area is 176 Å². The van der Waals surface area contributed by atoms with Crippen LogP contribution in [0.25, 0.3) is 0 Å². The molecule has 1 fully saturated rings. The van der Waals surface area contributed by atoms with Gasteiger partial charge in [-0.25, -0.2) is 0 Å². The third-order valence-corrected chi connectivity index (χ3v) is 5.60. The van der Waals surface area contributed by atoms with Crippen molar-refractivity contribution >= 4 is 23.2 Å². The zero-order valence-corrected chi connectivity index (χ0v) is 17.1. The van der Waals surface area contributed by atoms with Crippen LogP contribution in [0.15, 0.2) is 36.4 Å². The highest BCUT2D eigenvalue weighted by molar-refractivity contribution is 6.32. The lowest BCUT2D eigenvalue weighted by Crippen LogP contribution is -2.26. The van der Waals surface area contributed by atoms with Gasteiger partial charge in [-0.2, -0.15) is 5.26 Å². The first-order valence-electron chi connectivity index (χ1n) is 9.79. The Morgan fingerprint density at radius 3 is 2.66 bits per heavy atom. The average molecular weight is 407 g/mol. The number of carbonyl (C=O) groups is 1. The van der Waals surface area contributed by atoms with Gasteiger partial charge in [-0.05, 0) is 61.1 Å². The zero-order valence-electron chi connectivity index (χ0n) is 16.3. The summed E-state index contributed by atoms with van der Waals surface area (Å²) in [5, 5.41) is 21.9. The Morgan fingerprint density at radius 1 is 1.21 bits per heavy atom. The molecule has 1 unspecified atom stereocenters. The molecule has 2 aromatic rings. The predicted octanol–water partition coefficient (Wildman–Crippen LogP) is 4.92. The molecule has 0 aliphatic heterocycles. The van der Waals surface area contributed by atoms with E-state index in [1.54, 1.807) is 6.07 Å². The normalized spacial score (nSPS) is 15.0. The summed E-state index contributed by atoms with van der Waals surface area (Å²) in [6.07, 6.45) is 4.57. The molecule has 0 saturated heterocycles. The molecule has 3 rings (SSSR count). The summed E-state index contributed by atoms with van der Waals surface area (Å²) in [6, 6.07) is 12.5. The quantitative estimate of drug-likeness (QED) is 0.710. The van der Waals surface area contributed by atoms with Crippen LogP contribution in [-0.4, -0.2) is 17.1 Å². The van der Waals surface area contributed by atoms with Crippen LogP contribution in [0, 0.1) is 30.1 Å². The summed E-state index contributed by atoms with van der Waals surface area (Å²) < 4.78 is 0. The van der Waals surface area contributed by atoms with Crippen LogP contribution in [0.5, 0.6) is 0 Å². The number of nitrogens with one attached hydrogen (secondary N) is 1. The van der Waals surface area contributed by atoms with Crippen molar-refractivity contribution in [1.29, 1.82) is 5.26 Å². The lowest BCUT2D eigenvalue weighted by atomic mass is 9.80. The lowest BCUT2D eigenvalue weighted by molar-refractivity contribution is -0.121. The van der Waals surface area contributed by atoms with Crippen molar-refractivity contribution in [3.63, 3.8) is 0 Å². The van der Waals surface area contributed by atoms with Crippen LogP contribution in [-0.2, 0) is 4.79 Å². The number of amides is 1. The molecule has 2 N–H and O–H groups in total. The first-order chi connectivity index (χ1) is 14.0. The Morgan fingerprint density at radius 2 is 1.97 bits per heavy atom. The van der Waals surface area contributed by atoms with Crippen molar-refractivity contribution in [2.24, 2.45) is 0 Å². The van der Waals surface area contributed by atoms with Gasteiger partial charge in [0.25, 0.3) is 5.91 Å². The van der Waals surface area contributed by atoms with E-state index in [1.807, 2.05) is 18.2 Å². The minimum Gasteiger partial charge on any atom is -0.372 e. The number of hydrogen-bond acceptors (Lipinski definition) is 3. The molecule has 1 aliphatic rings. The third kappa shape index (κ3) is 5.18. The van der Waals surface area contributed by atoms with E-state index in [9.17, 15) is 9.90 Å². The van der Waals surface area contributed by atoms with Crippen molar-refractivity contribution in [1.82, 2.24) is 0 Å². The molecule has 2 aromatic carbocycles. The van der Waals surface area contributed by atoms with Crippen LogP contribution in [0.2, 0.25) is 5.02 Å².